The molecule has 29 heavy (non-hydrogen) atoms. The summed E-state index contributed by atoms with van der Waals surface area (Å²) in [6.45, 7) is 8.03. The third-order valence-electron chi connectivity index (χ3n) is 4.28. The van der Waals surface area contributed by atoms with Gasteiger partial charge in [0.05, 0.1) is 6.04 Å². The molecule has 0 aromatic rings. The predicted molar refractivity (Wildman–Crippen MR) is 104 cm³/mol. The van der Waals surface area contributed by atoms with Crippen LogP contribution in [0.3, 0.4) is 0 Å². The quantitative estimate of drug-likeness (QED) is 0.235. The molecule has 0 radical (unpaired) electrons. The van der Waals surface area contributed by atoms with Crippen LogP contribution in [0.1, 0.15) is 47.5 Å². The van der Waals surface area contributed by atoms with Gasteiger partial charge < -0.3 is 31.9 Å². The summed E-state index contributed by atoms with van der Waals surface area (Å²) < 4.78 is 0. The summed E-state index contributed by atoms with van der Waals surface area (Å²) in [4.78, 5) is 58.9. The lowest BCUT2D eigenvalue weighted by Gasteiger charge is -2.24. The first-order valence-corrected chi connectivity index (χ1v) is 9.39. The molecule has 11 heteroatoms. The van der Waals surface area contributed by atoms with Crippen LogP contribution in [0.25, 0.3) is 0 Å². The largest absolute Gasteiger partial charge is 0.481 e. The van der Waals surface area contributed by atoms with Gasteiger partial charge in [0.2, 0.25) is 17.7 Å². The van der Waals surface area contributed by atoms with E-state index in [1.165, 1.54) is 6.92 Å². The van der Waals surface area contributed by atoms with Crippen LogP contribution in [0, 0.1) is 11.8 Å². The van der Waals surface area contributed by atoms with Gasteiger partial charge in [0.15, 0.2) is 0 Å². The lowest BCUT2D eigenvalue weighted by molar-refractivity contribution is -0.143. The highest BCUT2D eigenvalue weighted by Crippen LogP contribution is 2.05. The number of carbonyl (C=O) groups is 5. The summed E-state index contributed by atoms with van der Waals surface area (Å²) in [5.41, 5.74) is 5.75. The minimum atomic E-state index is -1.21. The van der Waals surface area contributed by atoms with E-state index in [1.54, 1.807) is 27.7 Å². The average Bonchev–Trinajstić information content (AvgIpc) is 2.60. The molecule has 4 atom stereocenters. The van der Waals surface area contributed by atoms with Crippen LogP contribution in [0.2, 0.25) is 0 Å². The van der Waals surface area contributed by atoms with E-state index in [2.05, 4.69) is 16.0 Å². The Bertz CT molecular complexity index is 621. The van der Waals surface area contributed by atoms with E-state index >= 15 is 0 Å². The lowest BCUT2D eigenvalue weighted by Crippen LogP contribution is -2.57. The maximum absolute atomic E-state index is 12.5. The normalized spacial score (nSPS) is 15.2. The van der Waals surface area contributed by atoms with Crippen molar-refractivity contribution in [3.8, 4) is 0 Å². The molecule has 4 unspecified atom stereocenters. The smallest absolute Gasteiger partial charge is 0.326 e. The molecule has 0 saturated heterocycles. The lowest BCUT2D eigenvalue weighted by atomic mass is 10.0. The van der Waals surface area contributed by atoms with E-state index in [1.807, 2.05) is 0 Å². The van der Waals surface area contributed by atoms with Crippen molar-refractivity contribution in [2.75, 3.05) is 0 Å². The first kappa shape index (κ1) is 26.3. The van der Waals surface area contributed by atoms with Crippen LogP contribution in [0.5, 0.6) is 0 Å². The maximum atomic E-state index is 12.5. The first-order chi connectivity index (χ1) is 13.3. The molecule has 3 amide bonds. The zero-order valence-corrected chi connectivity index (χ0v) is 17.4. The molecular formula is C18H32N4O7. The summed E-state index contributed by atoms with van der Waals surface area (Å²) in [5, 5.41) is 25.1. The van der Waals surface area contributed by atoms with Crippen LogP contribution in [0.4, 0.5) is 0 Å². The highest BCUT2D eigenvalue weighted by Gasteiger charge is 2.30. The van der Waals surface area contributed by atoms with E-state index in [4.69, 9.17) is 15.9 Å². The fraction of sp³-hybridized carbons (Fsp3) is 0.722. The first-order valence-electron chi connectivity index (χ1n) is 9.39. The van der Waals surface area contributed by atoms with Crippen molar-refractivity contribution in [2.24, 2.45) is 17.6 Å². The number of carboxylic acid groups (broad SMARTS) is 2. The number of rotatable bonds is 12. The molecule has 0 aromatic carbocycles. The number of nitrogens with one attached hydrogen (secondary N) is 3. The standard InChI is InChI=1S/C18H32N4O7/c1-8(2)13(19)17(27)21-11(6-7-12(23)24)16(26)20-10(5)15(25)22-14(9(3)4)18(28)29/h8-11,13-14H,6-7,19H2,1-5H3,(H,20,26)(H,21,27)(H,22,25)(H,23,24)(H,28,29). The SMILES string of the molecule is CC(NC(=O)C(CCC(=O)O)NC(=O)C(N)C(C)C)C(=O)NC(C(=O)O)C(C)C. The van der Waals surface area contributed by atoms with Gasteiger partial charge in [-0.3, -0.25) is 19.2 Å². The minimum Gasteiger partial charge on any atom is -0.481 e. The van der Waals surface area contributed by atoms with Crippen molar-refractivity contribution in [3.05, 3.63) is 0 Å². The van der Waals surface area contributed by atoms with Gasteiger partial charge in [0.1, 0.15) is 18.1 Å². The van der Waals surface area contributed by atoms with Crippen molar-refractivity contribution < 1.29 is 34.2 Å². The second kappa shape index (κ2) is 12.0. The van der Waals surface area contributed by atoms with Crippen LogP contribution < -0.4 is 21.7 Å². The third kappa shape index (κ3) is 9.37. The van der Waals surface area contributed by atoms with Crippen LogP contribution in [0.15, 0.2) is 0 Å². The fourth-order valence-electron chi connectivity index (χ4n) is 2.28. The van der Waals surface area contributed by atoms with Crippen molar-refractivity contribution in [3.63, 3.8) is 0 Å². The Morgan fingerprint density at radius 3 is 1.76 bits per heavy atom. The molecule has 0 heterocycles. The summed E-state index contributed by atoms with van der Waals surface area (Å²) in [6, 6.07) is -4.34. The molecule has 0 aromatic heterocycles. The second-order valence-corrected chi connectivity index (χ2v) is 7.56. The number of nitrogens with two attached hydrogens (primary N) is 1. The molecule has 0 rings (SSSR count). The molecular weight excluding hydrogens is 384 g/mol. The molecule has 0 saturated carbocycles. The summed E-state index contributed by atoms with van der Waals surface area (Å²) in [5.74, 6) is -5.05. The van der Waals surface area contributed by atoms with Gasteiger partial charge in [0, 0.05) is 6.42 Å². The maximum Gasteiger partial charge on any atom is 0.326 e. The van der Waals surface area contributed by atoms with Crippen LogP contribution in [-0.4, -0.2) is 64.0 Å². The molecule has 0 bridgehead atoms. The monoisotopic (exact) mass is 416 g/mol. The molecule has 11 nitrogen and oxygen atoms in total. The van der Waals surface area contributed by atoms with Crippen molar-refractivity contribution in [1.29, 1.82) is 0 Å². The molecule has 0 spiro atoms. The van der Waals surface area contributed by atoms with E-state index < -0.39 is 53.8 Å². The molecule has 0 fully saturated rings. The fourth-order valence-corrected chi connectivity index (χ4v) is 2.28. The summed E-state index contributed by atoms with van der Waals surface area (Å²) in [7, 11) is 0. The van der Waals surface area contributed by atoms with Crippen molar-refractivity contribution in [2.45, 2.75) is 71.6 Å². The van der Waals surface area contributed by atoms with Gasteiger partial charge in [-0.05, 0) is 25.2 Å². The summed E-state index contributed by atoms with van der Waals surface area (Å²) >= 11 is 0. The molecule has 0 aliphatic rings. The number of hydrogen-bond donors (Lipinski definition) is 6. The predicted octanol–water partition coefficient (Wildman–Crippen LogP) is -0.951. The number of hydrogen-bond acceptors (Lipinski definition) is 6. The van der Waals surface area contributed by atoms with Gasteiger partial charge >= 0.3 is 11.9 Å². The Balaban J connectivity index is 5.13. The molecule has 166 valence electrons. The van der Waals surface area contributed by atoms with Crippen LogP contribution in [-0.2, 0) is 24.0 Å². The topological polar surface area (TPSA) is 188 Å². The third-order valence-corrected chi connectivity index (χ3v) is 4.28. The van der Waals surface area contributed by atoms with E-state index in [-0.39, 0.29) is 24.7 Å². The van der Waals surface area contributed by atoms with Gasteiger partial charge in [-0.1, -0.05) is 27.7 Å². The minimum absolute atomic E-state index is 0.199. The Kier molecular flexibility index (Phi) is 10.9. The Morgan fingerprint density at radius 2 is 1.34 bits per heavy atom. The highest BCUT2D eigenvalue weighted by atomic mass is 16.4. The van der Waals surface area contributed by atoms with E-state index in [9.17, 15) is 24.0 Å². The van der Waals surface area contributed by atoms with E-state index in [0.717, 1.165) is 0 Å². The Labute approximate surface area is 169 Å². The molecule has 0 aliphatic heterocycles. The zero-order valence-electron chi connectivity index (χ0n) is 17.4. The van der Waals surface area contributed by atoms with Gasteiger partial charge in [-0.25, -0.2) is 4.79 Å². The Hall–Kier alpha value is -2.69. The zero-order chi connectivity index (χ0) is 22.9. The van der Waals surface area contributed by atoms with Gasteiger partial charge in [-0.15, -0.1) is 0 Å². The Morgan fingerprint density at radius 1 is 0.793 bits per heavy atom. The second-order valence-electron chi connectivity index (χ2n) is 7.56. The van der Waals surface area contributed by atoms with Gasteiger partial charge in [-0.2, -0.15) is 0 Å². The average molecular weight is 416 g/mol. The van der Waals surface area contributed by atoms with Crippen LogP contribution >= 0.6 is 0 Å². The number of amides is 3. The molecule has 7 N–H and O–H groups in total. The summed E-state index contributed by atoms with van der Waals surface area (Å²) in [6.07, 6.45) is -0.583. The molecule has 0 aliphatic carbocycles. The van der Waals surface area contributed by atoms with Crippen molar-refractivity contribution >= 4 is 29.7 Å². The number of aliphatic carboxylic acids is 2. The van der Waals surface area contributed by atoms with Crippen molar-refractivity contribution in [1.82, 2.24) is 16.0 Å². The number of carboxylic acids is 2. The van der Waals surface area contributed by atoms with Gasteiger partial charge in [0.25, 0.3) is 0 Å². The highest BCUT2D eigenvalue weighted by molar-refractivity contribution is 5.94. The van der Waals surface area contributed by atoms with E-state index in [0.29, 0.717) is 0 Å². The number of carbonyl (C=O) groups excluding carboxylic acids is 3.